The van der Waals surface area contributed by atoms with Crippen molar-refractivity contribution in [1.82, 2.24) is 0 Å². The van der Waals surface area contributed by atoms with Crippen LogP contribution in [-0.4, -0.2) is 12.5 Å². The highest BCUT2D eigenvalue weighted by Crippen LogP contribution is 2.35. The molecule has 1 heterocycles. The van der Waals surface area contributed by atoms with Gasteiger partial charge in [-0.2, -0.15) is 0 Å². The molecule has 27 heavy (non-hydrogen) atoms. The Morgan fingerprint density at radius 3 is 2.59 bits per heavy atom. The number of carbonyl (C=O) groups is 1. The zero-order chi connectivity index (χ0) is 19.6. The van der Waals surface area contributed by atoms with Gasteiger partial charge in [-0.3, -0.25) is 4.79 Å². The fraction of sp³-hybridized carbons (Fsp3) is 0.227. The van der Waals surface area contributed by atoms with E-state index in [1.165, 1.54) is 0 Å². The van der Waals surface area contributed by atoms with Gasteiger partial charge in [-0.15, -0.1) is 0 Å². The van der Waals surface area contributed by atoms with E-state index in [-0.39, 0.29) is 5.91 Å². The van der Waals surface area contributed by atoms with E-state index in [2.05, 4.69) is 21.2 Å². The van der Waals surface area contributed by atoms with Crippen LogP contribution in [0.25, 0.3) is 16.5 Å². The number of hydrogen-bond acceptors (Lipinski definition) is 3. The molecule has 1 aromatic heterocycles. The van der Waals surface area contributed by atoms with Gasteiger partial charge in [0.1, 0.15) is 17.1 Å². The van der Waals surface area contributed by atoms with Crippen molar-refractivity contribution in [1.29, 1.82) is 0 Å². The standard InChI is InChI=1S/C22H22BrNO3/c1-5-26-20-12-21-19(14(3)15(4)27-21)11-18(20)13(2)10-22(25)24-17-8-6-16(23)7-9-17/h6-12H,5H2,1-4H3,(H,24,25)/b13-10+. The molecule has 0 bridgehead atoms. The Balaban J connectivity index is 1.94. The molecule has 0 saturated heterocycles. The lowest BCUT2D eigenvalue weighted by atomic mass is 10.0. The molecular formula is C22H22BrNO3. The molecule has 2 aromatic carbocycles. The molecule has 0 aliphatic heterocycles. The number of nitrogens with one attached hydrogen (secondary N) is 1. The fourth-order valence-electron chi connectivity index (χ4n) is 2.94. The lowest BCUT2D eigenvalue weighted by Gasteiger charge is -2.11. The molecule has 0 radical (unpaired) electrons. The van der Waals surface area contributed by atoms with E-state index in [0.717, 1.165) is 43.6 Å². The number of hydrogen-bond donors (Lipinski definition) is 1. The average Bonchev–Trinajstić information content (AvgIpc) is 2.90. The number of fused-ring (bicyclic) bond motifs is 1. The Morgan fingerprint density at radius 2 is 1.93 bits per heavy atom. The Labute approximate surface area is 167 Å². The maximum Gasteiger partial charge on any atom is 0.248 e. The molecule has 5 heteroatoms. The Morgan fingerprint density at radius 1 is 1.22 bits per heavy atom. The summed E-state index contributed by atoms with van der Waals surface area (Å²) in [6, 6.07) is 11.4. The number of halogens is 1. The van der Waals surface area contributed by atoms with Crippen molar-refractivity contribution >= 4 is 44.1 Å². The molecule has 0 fully saturated rings. The predicted molar refractivity (Wildman–Crippen MR) is 113 cm³/mol. The lowest BCUT2D eigenvalue weighted by Crippen LogP contribution is -2.08. The molecule has 4 nitrogen and oxygen atoms in total. The second-order valence-electron chi connectivity index (χ2n) is 6.38. The SMILES string of the molecule is CCOc1cc2oc(C)c(C)c2cc1/C(C)=C/C(=O)Nc1ccc(Br)cc1. The quantitative estimate of drug-likeness (QED) is 0.489. The van der Waals surface area contributed by atoms with Crippen LogP contribution in [0.4, 0.5) is 5.69 Å². The summed E-state index contributed by atoms with van der Waals surface area (Å²) in [6.45, 7) is 8.36. The molecule has 140 valence electrons. The van der Waals surface area contributed by atoms with Gasteiger partial charge in [0.05, 0.1) is 6.61 Å². The van der Waals surface area contributed by atoms with E-state index >= 15 is 0 Å². The molecule has 3 rings (SSSR count). The summed E-state index contributed by atoms with van der Waals surface area (Å²) < 4.78 is 12.6. The first kappa shape index (κ1) is 19.2. The van der Waals surface area contributed by atoms with E-state index in [1.54, 1.807) is 6.08 Å². The minimum absolute atomic E-state index is 0.183. The van der Waals surface area contributed by atoms with Crippen LogP contribution in [0.2, 0.25) is 0 Å². The second-order valence-corrected chi connectivity index (χ2v) is 7.30. The molecule has 0 atom stereocenters. The summed E-state index contributed by atoms with van der Waals surface area (Å²) in [5.41, 5.74) is 4.35. The maximum atomic E-state index is 12.4. The first-order valence-electron chi connectivity index (χ1n) is 8.80. The van der Waals surface area contributed by atoms with Crippen LogP contribution >= 0.6 is 15.9 Å². The van der Waals surface area contributed by atoms with Crippen LogP contribution in [-0.2, 0) is 4.79 Å². The second kappa shape index (κ2) is 8.01. The lowest BCUT2D eigenvalue weighted by molar-refractivity contribution is -0.111. The third kappa shape index (κ3) is 4.25. The summed E-state index contributed by atoms with van der Waals surface area (Å²) in [5.74, 6) is 1.42. The Hall–Kier alpha value is -2.53. The van der Waals surface area contributed by atoms with Crippen LogP contribution in [0.15, 0.2) is 51.4 Å². The molecule has 1 N–H and O–H groups in total. The summed E-state index contributed by atoms with van der Waals surface area (Å²) in [7, 11) is 0. The fourth-order valence-corrected chi connectivity index (χ4v) is 3.20. The molecule has 0 aliphatic carbocycles. The van der Waals surface area contributed by atoms with Gasteiger partial charge in [-0.05, 0) is 69.2 Å². The normalized spacial score (nSPS) is 11.7. The van der Waals surface area contributed by atoms with Crippen molar-refractivity contribution < 1.29 is 13.9 Å². The van der Waals surface area contributed by atoms with Crippen LogP contribution in [0.3, 0.4) is 0 Å². The van der Waals surface area contributed by atoms with Crippen LogP contribution < -0.4 is 10.1 Å². The highest BCUT2D eigenvalue weighted by Gasteiger charge is 2.14. The van der Waals surface area contributed by atoms with Gasteiger partial charge >= 0.3 is 0 Å². The van der Waals surface area contributed by atoms with Crippen molar-refractivity contribution in [2.45, 2.75) is 27.7 Å². The Kier molecular flexibility index (Phi) is 5.71. The number of ether oxygens (including phenoxy) is 1. The number of anilines is 1. The number of carbonyl (C=O) groups excluding carboxylic acids is 1. The minimum Gasteiger partial charge on any atom is -0.493 e. The van der Waals surface area contributed by atoms with E-state index < -0.39 is 0 Å². The van der Waals surface area contributed by atoms with Gasteiger partial charge in [0.25, 0.3) is 0 Å². The topological polar surface area (TPSA) is 51.5 Å². The minimum atomic E-state index is -0.183. The van der Waals surface area contributed by atoms with Gasteiger partial charge < -0.3 is 14.5 Å². The highest BCUT2D eigenvalue weighted by molar-refractivity contribution is 9.10. The smallest absolute Gasteiger partial charge is 0.248 e. The molecular weight excluding hydrogens is 406 g/mol. The number of benzene rings is 2. The van der Waals surface area contributed by atoms with Gasteiger partial charge in [-0.1, -0.05) is 15.9 Å². The van der Waals surface area contributed by atoms with E-state index in [0.29, 0.717) is 12.4 Å². The Bertz CT molecular complexity index is 1020. The average molecular weight is 428 g/mol. The first-order chi connectivity index (χ1) is 12.9. The molecule has 0 unspecified atom stereocenters. The van der Waals surface area contributed by atoms with Gasteiger partial charge in [0.15, 0.2) is 0 Å². The highest BCUT2D eigenvalue weighted by atomic mass is 79.9. The van der Waals surface area contributed by atoms with Crippen LogP contribution in [0.1, 0.15) is 30.7 Å². The molecule has 1 amide bonds. The van der Waals surface area contributed by atoms with E-state index in [9.17, 15) is 4.79 Å². The summed E-state index contributed by atoms with van der Waals surface area (Å²) in [5, 5.41) is 3.91. The van der Waals surface area contributed by atoms with Crippen molar-refractivity contribution in [2.75, 3.05) is 11.9 Å². The molecule has 0 saturated carbocycles. The number of amides is 1. The molecule has 0 spiro atoms. The monoisotopic (exact) mass is 427 g/mol. The van der Waals surface area contributed by atoms with Crippen molar-refractivity contribution in [3.8, 4) is 5.75 Å². The van der Waals surface area contributed by atoms with Gasteiger partial charge in [0, 0.05) is 33.3 Å². The van der Waals surface area contributed by atoms with Crippen LogP contribution in [0, 0.1) is 13.8 Å². The van der Waals surface area contributed by atoms with Gasteiger partial charge in [-0.25, -0.2) is 0 Å². The zero-order valence-corrected chi connectivity index (χ0v) is 17.4. The molecule has 3 aromatic rings. The van der Waals surface area contributed by atoms with E-state index in [4.69, 9.17) is 9.15 Å². The molecule has 0 aliphatic rings. The predicted octanol–water partition coefficient (Wildman–Crippen LogP) is 6.25. The third-order valence-electron chi connectivity index (χ3n) is 4.46. The van der Waals surface area contributed by atoms with E-state index in [1.807, 2.05) is 64.1 Å². The summed E-state index contributed by atoms with van der Waals surface area (Å²) in [4.78, 5) is 12.4. The van der Waals surface area contributed by atoms with Crippen LogP contribution in [0.5, 0.6) is 5.75 Å². The van der Waals surface area contributed by atoms with Crippen molar-refractivity contribution in [3.05, 3.63) is 63.8 Å². The third-order valence-corrected chi connectivity index (χ3v) is 4.99. The first-order valence-corrected chi connectivity index (χ1v) is 9.60. The number of allylic oxidation sites excluding steroid dienone is 1. The number of furan rings is 1. The largest absolute Gasteiger partial charge is 0.493 e. The summed E-state index contributed by atoms with van der Waals surface area (Å²) >= 11 is 3.39. The number of rotatable bonds is 5. The van der Waals surface area contributed by atoms with Crippen molar-refractivity contribution in [2.24, 2.45) is 0 Å². The summed E-state index contributed by atoms with van der Waals surface area (Å²) in [6.07, 6.45) is 1.59. The number of aryl methyl sites for hydroxylation is 2. The van der Waals surface area contributed by atoms with Crippen molar-refractivity contribution in [3.63, 3.8) is 0 Å². The maximum absolute atomic E-state index is 12.4. The zero-order valence-electron chi connectivity index (χ0n) is 15.9. The van der Waals surface area contributed by atoms with Gasteiger partial charge in [0.2, 0.25) is 5.91 Å².